The Hall–Kier alpha value is -0.310. The van der Waals surface area contributed by atoms with Crippen molar-refractivity contribution in [2.75, 3.05) is 0 Å². The lowest BCUT2D eigenvalue weighted by Crippen LogP contribution is -1.66. The van der Waals surface area contributed by atoms with E-state index in [0.717, 1.165) is 15.9 Å². The number of aromatic nitrogens is 1. The van der Waals surface area contributed by atoms with Crippen LogP contribution in [0.15, 0.2) is 9.00 Å². The number of halogens is 1. The second kappa shape index (κ2) is 1.90. The lowest BCUT2D eigenvalue weighted by Gasteiger charge is -1.77. The molecule has 0 saturated carbocycles. The van der Waals surface area contributed by atoms with Crippen molar-refractivity contribution in [1.82, 2.24) is 5.16 Å². The standard InChI is InChI=1S/C5H6BrNO/c1-3-5(6)4(2)8-7-3/h1-2H3. The third-order valence-electron chi connectivity index (χ3n) is 0.946. The number of hydrogen-bond acceptors (Lipinski definition) is 2. The molecular weight excluding hydrogens is 170 g/mol. The van der Waals surface area contributed by atoms with E-state index in [1.165, 1.54) is 0 Å². The highest BCUT2D eigenvalue weighted by Gasteiger charge is 2.02. The van der Waals surface area contributed by atoms with Gasteiger partial charge in [-0.15, -0.1) is 0 Å². The molecule has 0 aromatic carbocycles. The summed E-state index contributed by atoms with van der Waals surface area (Å²) in [4.78, 5) is 0. The quantitative estimate of drug-likeness (QED) is 0.604. The van der Waals surface area contributed by atoms with E-state index >= 15 is 0 Å². The summed E-state index contributed by atoms with van der Waals surface area (Å²) in [7, 11) is 0. The zero-order chi connectivity index (χ0) is 6.15. The van der Waals surface area contributed by atoms with Crippen LogP contribution in [0.25, 0.3) is 0 Å². The molecule has 1 aromatic heterocycles. The van der Waals surface area contributed by atoms with Crippen molar-refractivity contribution < 1.29 is 4.52 Å². The minimum absolute atomic E-state index is 0.836. The number of hydrogen-bond donors (Lipinski definition) is 0. The molecule has 0 bridgehead atoms. The van der Waals surface area contributed by atoms with Crippen LogP contribution in [0.5, 0.6) is 0 Å². The Labute approximate surface area is 56.0 Å². The minimum Gasteiger partial charge on any atom is -0.360 e. The van der Waals surface area contributed by atoms with Crippen LogP contribution >= 0.6 is 15.9 Å². The molecule has 1 rings (SSSR count). The molecule has 0 aliphatic heterocycles. The smallest absolute Gasteiger partial charge is 0.148 e. The molecule has 0 unspecified atom stereocenters. The first-order valence-corrected chi connectivity index (χ1v) is 3.09. The maximum absolute atomic E-state index is 4.80. The van der Waals surface area contributed by atoms with Gasteiger partial charge in [-0.2, -0.15) is 0 Å². The molecular formula is C5H6BrNO. The first-order chi connectivity index (χ1) is 3.72. The molecule has 0 saturated heterocycles. The molecule has 44 valence electrons. The first-order valence-electron chi connectivity index (χ1n) is 2.30. The van der Waals surface area contributed by atoms with Gasteiger partial charge in [-0.1, -0.05) is 5.16 Å². The summed E-state index contributed by atoms with van der Waals surface area (Å²) in [5, 5.41) is 3.69. The van der Waals surface area contributed by atoms with E-state index in [9.17, 15) is 0 Å². The van der Waals surface area contributed by atoms with Crippen LogP contribution in [0.2, 0.25) is 0 Å². The fourth-order valence-electron chi connectivity index (χ4n) is 0.472. The van der Waals surface area contributed by atoms with Gasteiger partial charge in [0.25, 0.3) is 0 Å². The van der Waals surface area contributed by atoms with Crippen molar-refractivity contribution in [2.24, 2.45) is 0 Å². The second-order valence-electron chi connectivity index (χ2n) is 1.64. The van der Waals surface area contributed by atoms with Gasteiger partial charge in [0, 0.05) is 0 Å². The van der Waals surface area contributed by atoms with Crippen molar-refractivity contribution >= 4 is 15.9 Å². The van der Waals surface area contributed by atoms with Crippen LogP contribution in [0.1, 0.15) is 11.5 Å². The van der Waals surface area contributed by atoms with E-state index in [-0.39, 0.29) is 0 Å². The molecule has 1 heterocycles. The lowest BCUT2D eigenvalue weighted by atomic mass is 10.4. The summed E-state index contributed by atoms with van der Waals surface area (Å²) >= 11 is 3.29. The highest BCUT2D eigenvalue weighted by molar-refractivity contribution is 9.10. The first kappa shape index (κ1) is 5.82. The van der Waals surface area contributed by atoms with Crippen LogP contribution in [0.3, 0.4) is 0 Å². The van der Waals surface area contributed by atoms with Crippen LogP contribution in [-0.2, 0) is 0 Å². The predicted molar refractivity (Wildman–Crippen MR) is 33.7 cm³/mol. The average Bonchev–Trinajstić information content (AvgIpc) is 1.98. The molecule has 8 heavy (non-hydrogen) atoms. The van der Waals surface area contributed by atoms with Crippen LogP contribution in [0, 0.1) is 13.8 Å². The average molecular weight is 176 g/mol. The van der Waals surface area contributed by atoms with Gasteiger partial charge in [0.15, 0.2) is 0 Å². The van der Waals surface area contributed by atoms with E-state index in [4.69, 9.17) is 4.52 Å². The SMILES string of the molecule is Cc1noc(C)c1Br. The van der Waals surface area contributed by atoms with Crippen molar-refractivity contribution in [3.05, 3.63) is 15.9 Å². The van der Waals surface area contributed by atoms with E-state index < -0.39 is 0 Å². The molecule has 0 fully saturated rings. The normalized spacial score (nSPS) is 9.88. The van der Waals surface area contributed by atoms with Gasteiger partial charge in [0.1, 0.15) is 5.76 Å². The third kappa shape index (κ3) is 0.777. The van der Waals surface area contributed by atoms with Crippen LogP contribution in [0.4, 0.5) is 0 Å². The van der Waals surface area contributed by atoms with Gasteiger partial charge < -0.3 is 4.52 Å². The Morgan fingerprint density at radius 1 is 1.50 bits per heavy atom. The Kier molecular flexibility index (Phi) is 1.38. The minimum atomic E-state index is 0.836. The predicted octanol–water partition coefficient (Wildman–Crippen LogP) is 2.05. The molecule has 3 heteroatoms. The second-order valence-corrected chi connectivity index (χ2v) is 2.43. The fraction of sp³-hybridized carbons (Fsp3) is 0.400. The van der Waals surface area contributed by atoms with Crippen molar-refractivity contribution in [3.8, 4) is 0 Å². The fourth-order valence-corrected chi connectivity index (χ4v) is 0.617. The molecule has 0 N–H and O–H groups in total. The molecule has 0 radical (unpaired) electrons. The summed E-state index contributed by atoms with van der Waals surface area (Å²) in [6, 6.07) is 0. The van der Waals surface area contributed by atoms with Crippen LogP contribution in [-0.4, -0.2) is 5.16 Å². The Balaban J connectivity index is 3.19. The molecule has 0 amide bonds. The summed E-state index contributed by atoms with van der Waals surface area (Å²) < 4.78 is 5.77. The molecule has 0 aliphatic rings. The summed E-state index contributed by atoms with van der Waals surface area (Å²) in [6.07, 6.45) is 0. The number of aryl methyl sites for hydroxylation is 2. The topological polar surface area (TPSA) is 26.0 Å². The van der Waals surface area contributed by atoms with Gasteiger partial charge in [-0.05, 0) is 29.8 Å². The van der Waals surface area contributed by atoms with Crippen molar-refractivity contribution in [3.63, 3.8) is 0 Å². The number of nitrogens with zero attached hydrogens (tertiary/aromatic N) is 1. The Morgan fingerprint density at radius 3 is 2.25 bits per heavy atom. The van der Waals surface area contributed by atoms with Gasteiger partial charge in [0.2, 0.25) is 0 Å². The summed E-state index contributed by atoms with van der Waals surface area (Å²) in [5.41, 5.74) is 0.905. The zero-order valence-electron chi connectivity index (χ0n) is 4.73. The van der Waals surface area contributed by atoms with E-state index in [0.29, 0.717) is 0 Å². The van der Waals surface area contributed by atoms with E-state index in [2.05, 4.69) is 21.1 Å². The maximum Gasteiger partial charge on any atom is 0.148 e. The van der Waals surface area contributed by atoms with Crippen molar-refractivity contribution in [1.29, 1.82) is 0 Å². The highest BCUT2D eigenvalue weighted by Crippen LogP contribution is 2.18. The van der Waals surface area contributed by atoms with Crippen LogP contribution < -0.4 is 0 Å². The Bertz CT molecular complexity index is 175. The van der Waals surface area contributed by atoms with Gasteiger partial charge >= 0.3 is 0 Å². The third-order valence-corrected chi connectivity index (χ3v) is 2.08. The molecule has 0 spiro atoms. The summed E-state index contributed by atoms with van der Waals surface area (Å²) in [5.74, 6) is 0.836. The van der Waals surface area contributed by atoms with E-state index in [1.54, 1.807) is 0 Å². The molecule has 1 aromatic rings. The Morgan fingerprint density at radius 2 is 2.12 bits per heavy atom. The molecule has 2 nitrogen and oxygen atoms in total. The van der Waals surface area contributed by atoms with Gasteiger partial charge in [-0.3, -0.25) is 0 Å². The zero-order valence-corrected chi connectivity index (χ0v) is 6.32. The molecule has 0 atom stereocenters. The number of rotatable bonds is 0. The van der Waals surface area contributed by atoms with Gasteiger partial charge in [-0.25, -0.2) is 0 Å². The highest BCUT2D eigenvalue weighted by atomic mass is 79.9. The lowest BCUT2D eigenvalue weighted by molar-refractivity contribution is 0.392. The maximum atomic E-state index is 4.80. The van der Waals surface area contributed by atoms with E-state index in [1.807, 2.05) is 13.8 Å². The monoisotopic (exact) mass is 175 g/mol. The summed E-state index contributed by atoms with van der Waals surface area (Å²) in [6.45, 7) is 3.75. The van der Waals surface area contributed by atoms with Crippen molar-refractivity contribution in [2.45, 2.75) is 13.8 Å². The largest absolute Gasteiger partial charge is 0.360 e. The van der Waals surface area contributed by atoms with Gasteiger partial charge in [0.05, 0.1) is 10.2 Å². The molecule has 0 aliphatic carbocycles.